The van der Waals surface area contributed by atoms with Gasteiger partial charge in [-0.05, 0) is 55.7 Å². The van der Waals surface area contributed by atoms with E-state index in [0.29, 0.717) is 12.3 Å². The summed E-state index contributed by atoms with van der Waals surface area (Å²) in [6.07, 6.45) is 7.13. The minimum Gasteiger partial charge on any atom is -0.371 e. The van der Waals surface area contributed by atoms with Crippen molar-refractivity contribution in [2.24, 2.45) is 5.92 Å². The maximum Gasteiger partial charge on any atom is 0.220 e. The van der Waals surface area contributed by atoms with E-state index in [2.05, 4.69) is 44.7 Å². The predicted octanol–water partition coefficient (Wildman–Crippen LogP) is 2.86. The summed E-state index contributed by atoms with van der Waals surface area (Å²) in [5, 5.41) is 10.7. The van der Waals surface area contributed by atoms with E-state index >= 15 is 0 Å². The molecule has 5 heteroatoms. The molecule has 0 radical (unpaired) electrons. The summed E-state index contributed by atoms with van der Waals surface area (Å²) in [5.74, 6) is 0.688. The van der Waals surface area contributed by atoms with Gasteiger partial charge in [0, 0.05) is 43.9 Å². The molecule has 1 aliphatic heterocycles. The van der Waals surface area contributed by atoms with Crippen LogP contribution in [0.1, 0.15) is 42.6 Å². The molecule has 0 saturated carbocycles. The second-order valence-corrected chi connectivity index (χ2v) is 7.57. The highest BCUT2D eigenvalue weighted by Gasteiger charge is 2.23. The van der Waals surface area contributed by atoms with Gasteiger partial charge in [0.2, 0.25) is 5.91 Å². The fraction of sp³-hybridized carbons (Fsp3) is 0.524. The highest BCUT2D eigenvalue weighted by molar-refractivity contribution is 5.76. The Labute approximate surface area is 155 Å². The largest absolute Gasteiger partial charge is 0.371 e. The van der Waals surface area contributed by atoms with Crippen LogP contribution in [-0.4, -0.2) is 35.7 Å². The van der Waals surface area contributed by atoms with Gasteiger partial charge in [-0.15, -0.1) is 0 Å². The van der Waals surface area contributed by atoms with Crippen LogP contribution in [0, 0.1) is 5.92 Å². The summed E-state index contributed by atoms with van der Waals surface area (Å²) in [4.78, 5) is 14.7. The van der Waals surface area contributed by atoms with Gasteiger partial charge in [-0.1, -0.05) is 18.2 Å². The summed E-state index contributed by atoms with van der Waals surface area (Å²) in [6, 6.07) is 10.5. The normalized spacial score (nSPS) is 19.4. The van der Waals surface area contributed by atoms with Crippen molar-refractivity contribution < 1.29 is 4.79 Å². The Morgan fingerprint density at radius 1 is 1.23 bits per heavy atom. The summed E-state index contributed by atoms with van der Waals surface area (Å²) in [5.41, 5.74) is 5.05. The number of nitrogens with one attached hydrogen (secondary N) is 2. The second kappa shape index (κ2) is 7.94. The Kier molecular flexibility index (Phi) is 5.23. The Balaban J connectivity index is 1.21. The number of aromatic amines is 1. The van der Waals surface area contributed by atoms with Crippen LogP contribution < -0.4 is 10.2 Å². The van der Waals surface area contributed by atoms with Crippen LogP contribution in [-0.2, 0) is 24.1 Å². The van der Waals surface area contributed by atoms with Crippen LogP contribution in [0.4, 0.5) is 5.69 Å². The molecule has 4 rings (SSSR count). The lowest BCUT2D eigenvalue weighted by Gasteiger charge is -2.18. The van der Waals surface area contributed by atoms with Gasteiger partial charge in [-0.3, -0.25) is 9.89 Å². The third kappa shape index (κ3) is 3.92. The number of H-pyrrole nitrogens is 1. The van der Waals surface area contributed by atoms with Gasteiger partial charge in [0.15, 0.2) is 0 Å². The molecule has 1 saturated heterocycles. The number of amides is 1. The van der Waals surface area contributed by atoms with Crippen LogP contribution >= 0.6 is 0 Å². The lowest BCUT2D eigenvalue weighted by Crippen LogP contribution is -2.31. The fourth-order valence-electron chi connectivity index (χ4n) is 4.21. The molecule has 138 valence electrons. The van der Waals surface area contributed by atoms with E-state index in [9.17, 15) is 4.79 Å². The number of hydrogen-bond donors (Lipinski definition) is 2. The molecule has 1 fully saturated rings. The topological polar surface area (TPSA) is 61.0 Å². The number of aryl methyl sites for hydroxylation is 2. The summed E-state index contributed by atoms with van der Waals surface area (Å²) in [7, 11) is 0. The molecular formula is C21H28N4O. The lowest BCUT2D eigenvalue weighted by molar-refractivity contribution is -0.121. The van der Waals surface area contributed by atoms with Crippen LogP contribution in [0.25, 0.3) is 0 Å². The first kappa shape index (κ1) is 17.1. The molecular weight excluding hydrogens is 324 g/mol. The van der Waals surface area contributed by atoms with E-state index < -0.39 is 0 Å². The first-order valence-corrected chi connectivity index (χ1v) is 9.91. The molecule has 2 heterocycles. The minimum absolute atomic E-state index is 0.149. The molecule has 26 heavy (non-hydrogen) atoms. The SMILES string of the molecule is O=C(CCc1n[nH]c2c1CCCC2)NCC1CCN(c2ccccc2)C1. The van der Waals surface area contributed by atoms with E-state index in [4.69, 9.17) is 0 Å². The number of rotatable bonds is 6. The standard InChI is InChI=1S/C21H28N4O/c26-21(11-10-20-18-8-4-5-9-19(18)23-24-20)22-14-16-12-13-25(15-16)17-6-2-1-3-7-17/h1-3,6-7,16H,4-5,8-15H2,(H,22,26)(H,23,24). The van der Waals surface area contributed by atoms with E-state index in [1.54, 1.807) is 0 Å². The number of nitrogens with zero attached hydrogens (tertiary/aromatic N) is 2. The number of aromatic nitrogens is 2. The number of para-hydroxylation sites is 1. The van der Waals surface area contributed by atoms with Crippen molar-refractivity contribution >= 4 is 11.6 Å². The molecule has 1 amide bonds. The number of hydrogen-bond acceptors (Lipinski definition) is 3. The maximum atomic E-state index is 12.3. The van der Waals surface area contributed by atoms with Crippen LogP contribution in [0.2, 0.25) is 0 Å². The smallest absolute Gasteiger partial charge is 0.220 e. The molecule has 1 unspecified atom stereocenters. The monoisotopic (exact) mass is 352 g/mol. The van der Waals surface area contributed by atoms with Crippen LogP contribution in [0.5, 0.6) is 0 Å². The number of carbonyl (C=O) groups excluding carboxylic acids is 1. The molecule has 2 N–H and O–H groups in total. The highest BCUT2D eigenvalue weighted by Crippen LogP contribution is 2.24. The number of carbonyl (C=O) groups is 1. The van der Waals surface area contributed by atoms with E-state index in [1.165, 1.54) is 29.8 Å². The maximum absolute atomic E-state index is 12.3. The average Bonchev–Trinajstić information content (AvgIpc) is 3.33. The lowest BCUT2D eigenvalue weighted by atomic mass is 9.94. The Hall–Kier alpha value is -2.30. The summed E-state index contributed by atoms with van der Waals surface area (Å²) < 4.78 is 0. The fourth-order valence-corrected chi connectivity index (χ4v) is 4.21. The third-order valence-corrected chi connectivity index (χ3v) is 5.73. The quantitative estimate of drug-likeness (QED) is 0.840. The molecule has 1 aromatic carbocycles. The molecule has 2 aromatic rings. The van der Waals surface area contributed by atoms with Gasteiger partial charge in [0.25, 0.3) is 0 Å². The van der Waals surface area contributed by atoms with E-state index in [1.807, 2.05) is 6.07 Å². The third-order valence-electron chi connectivity index (χ3n) is 5.73. The van der Waals surface area contributed by atoms with Gasteiger partial charge in [-0.2, -0.15) is 5.10 Å². The second-order valence-electron chi connectivity index (χ2n) is 7.57. The van der Waals surface area contributed by atoms with Crippen molar-refractivity contribution in [2.45, 2.75) is 44.9 Å². The molecule has 5 nitrogen and oxygen atoms in total. The Bertz CT molecular complexity index is 740. The first-order valence-electron chi connectivity index (χ1n) is 9.91. The number of anilines is 1. The van der Waals surface area contributed by atoms with Gasteiger partial charge in [0.1, 0.15) is 0 Å². The van der Waals surface area contributed by atoms with Crippen molar-refractivity contribution in [1.29, 1.82) is 0 Å². The number of fused-ring (bicyclic) bond motifs is 1. The highest BCUT2D eigenvalue weighted by atomic mass is 16.1. The Morgan fingerprint density at radius 3 is 2.96 bits per heavy atom. The van der Waals surface area contributed by atoms with E-state index in [0.717, 1.165) is 51.0 Å². The van der Waals surface area contributed by atoms with Crippen LogP contribution in [0.15, 0.2) is 30.3 Å². The average molecular weight is 352 g/mol. The molecule has 0 spiro atoms. The van der Waals surface area contributed by atoms with Gasteiger partial charge in [-0.25, -0.2) is 0 Å². The summed E-state index contributed by atoms with van der Waals surface area (Å²) >= 11 is 0. The van der Waals surface area contributed by atoms with Crippen LogP contribution in [0.3, 0.4) is 0 Å². The van der Waals surface area contributed by atoms with Gasteiger partial charge in [0.05, 0.1) is 5.69 Å². The number of benzene rings is 1. The van der Waals surface area contributed by atoms with Gasteiger partial charge < -0.3 is 10.2 Å². The minimum atomic E-state index is 0.149. The van der Waals surface area contributed by atoms with Crippen molar-refractivity contribution in [3.8, 4) is 0 Å². The zero-order valence-corrected chi connectivity index (χ0v) is 15.3. The molecule has 1 aliphatic carbocycles. The zero-order chi connectivity index (χ0) is 17.8. The molecule has 1 atom stereocenters. The molecule has 2 aliphatic rings. The zero-order valence-electron chi connectivity index (χ0n) is 15.3. The Morgan fingerprint density at radius 2 is 2.08 bits per heavy atom. The van der Waals surface area contributed by atoms with E-state index in [-0.39, 0.29) is 5.91 Å². The van der Waals surface area contributed by atoms with Crippen molar-refractivity contribution in [3.05, 3.63) is 47.3 Å². The van der Waals surface area contributed by atoms with Crippen molar-refractivity contribution in [1.82, 2.24) is 15.5 Å². The molecule has 0 bridgehead atoms. The first-order chi connectivity index (χ1) is 12.8. The van der Waals surface area contributed by atoms with Crippen molar-refractivity contribution in [3.63, 3.8) is 0 Å². The summed E-state index contributed by atoms with van der Waals surface area (Å²) in [6.45, 7) is 2.88. The molecule has 1 aromatic heterocycles. The van der Waals surface area contributed by atoms with Crippen molar-refractivity contribution in [2.75, 3.05) is 24.5 Å². The predicted molar refractivity (Wildman–Crippen MR) is 103 cm³/mol. The van der Waals surface area contributed by atoms with Gasteiger partial charge >= 0.3 is 0 Å².